The molecule has 2 aromatic rings. The Hall–Kier alpha value is -1.90. The second-order valence-electron chi connectivity index (χ2n) is 3.73. The van der Waals surface area contributed by atoms with Crippen LogP contribution in [0.25, 0.3) is 0 Å². The fourth-order valence-electron chi connectivity index (χ4n) is 1.42. The van der Waals surface area contributed by atoms with Gasteiger partial charge in [0.15, 0.2) is 0 Å². The van der Waals surface area contributed by atoms with Gasteiger partial charge in [-0.1, -0.05) is 0 Å². The number of nitrogen functional groups attached to an aromatic ring is 1. The predicted molar refractivity (Wildman–Crippen MR) is 74.5 cm³/mol. The molecule has 2 rings (SSSR count). The third kappa shape index (κ3) is 3.11. The second-order valence-corrected chi connectivity index (χ2v) is 6.21. The van der Waals surface area contributed by atoms with E-state index in [1.54, 1.807) is 11.4 Å². The van der Waals surface area contributed by atoms with Gasteiger partial charge in [0.05, 0.1) is 10.6 Å². The lowest BCUT2D eigenvalue weighted by Gasteiger charge is -2.05. The van der Waals surface area contributed by atoms with Gasteiger partial charge in [0, 0.05) is 5.69 Å². The van der Waals surface area contributed by atoms with Crippen molar-refractivity contribution >= 4 is 38.6 Å². The van der Waals surface area contributed by atoms with E-state index in [1.807, 2.05) is 0 Å². The standard InChI is InChI=1S/C11H11N3O3S2/c12-9-5-6-18-10(9)11(15)14-7-1-3-8(4-2-7)19(13,16)17/h1-6H,12H2,(H,14,15)(H2,13,16,17). The van der Waals surface area contributed by atoms with E-state index in [4.69, 9.17) is 10.9 Å². The first kappa shape index (κ1) is 13.5. The van der Waals surface area contributed by atoms with Crippen molar-refractivity contribution in [2.45, 2.75) is 4.90 Å². The van der Waals surface area contributed by atoms with E-state index < -0.39 is 10.0 Å². The van der Waals surface area contributed by atoms with Crippen LogP contribution in [0.2, 0.25) is 0 Å². The van der Waals surface area contributed by atoms with E-state index >= 15 is 0 Å². The molecule has 0 bridgehead atoms. The first-order valence-corrected chi connectivity index (χ1v) is 7.58. The zero-order valence-electron chi connectivity index (χ0n) is 9.66. The van der Waals surface area contributed by atoms with Crippen molar-refractivity contribution in [3.63, 3.8) is 0 Å². The molecule has 0 unspecified atom stereocenters. The molecule has 0 fully saturated rings. The topological polar surface area (TPSA) is 115 Å². The Bertz CT molecular complexity index is 705. The summed E-state index contributed by atoms with van der Waals surface area (Å²) in [4.78, 5) is 12.3. The van der Waals surface area contributed by atoms with Crippen LogP contribution < -0.4 is 16.2 Å². The number of carbonyl (C=O) groups is 1. The quantitative estimate of drug-likeness (QED) is 0.790. The molecule has 8 heteroatoms. The number of rotatable bonds is 3. The van der Waals surface area contributed by atoms with Crippen molar-refractivity contribution < 1.29 is 13.2 Å². The first-order chi connectivity index (χ1) is 8.88. The highest BCUT2D eigenvalue weighted by atomic mass is 32.2. The summed E-state index contributed by atoms with van der Waals surface area (Å²) >= 11 is 1.23. The number of hydrogen-bond donors (Lipinski definition) is 3. The van der Waals surface area contributed by atoms with Gasteiger partial charge < -0.3 is 11.1 Å². The largest absolute Gasteiger partial charge is 0.397 e. The van der Waals surface area contributed by atoms with Crippen LogP contribution in [0.4, 0.5) is 11.4 Å². The Morgan fingerprint density at radius 2 is 1.79 bits per heavy atom. The van der Waals surface area contributed by atoms with Crippen LogP contribution in [0.1, 0.15) is 9.67 Å². The van der Waals surface area contributed by atoms with Crippen molar-refractivity contribution in [2.24, 2.45) is 5.14 Å². The number of primary sulfonamides is 1. The summed E-state index contributed by atoms with van der Waals surface area (Å²) in [7, 11) is -3.73. The number of carbonyl (C=O) groups excluding carboxylic acids is 1. The molecule has 0 aliphatic rings. The van der Waals surface area contributed by atoms with Crippen LogP contribution in [0.3, 0.4) is 0 Å². The molecular formula is C11H11N3O3S2. The molecule has 1 aromatic heterocycles. The minimum Gasteiger partial charge on any atom is -0.397 e. The number of anilines is 2. The summed E-state index contributed by atoms with van der Waals surface area (Å²) in [5.74, 6) is -0.337. The second kappa shape index (κ2) is 5.00. The van der Waals surface area contributed by atoms with Gasteiger partial charge in [-0.05, 0) is 35.7 Å². The number of thiophene rings is 1. The minimum absolute atomic E-state index is 0.0128. The average molecular weight is 297 g/mol. The van der Waals surface area contributed by atoms with Crippen molar-refractivity contribution in [1.82, 2.24) is 0 Å². The molecule has 19 heavy (non-hydrogen) atoms. The Morgan fingerprint density at radius 3 is 2.26 bits per heavy atom. The van der Waals surface area contributed by atoms with Crippen LogP contribution in [0.15, 0.2) is 40.6 Å². The van der Waals surface area contributed by atoms with Gasteiger partial charge in [0.25, 0.3) is 5.91 Å². The molecule has 6 nitrogen and oxygen atoms in total. The number of sulfonamides is 1. The molecule has 0 aliphatic heterocycles. The zero-order chi connectivity index (χ0) is 14.0. The van der Waals surface area contributed by atoms with Gasteiger partial charge in [-0.15, -0.1) is 11.3 Å². The monoisotopic (exact) mass is 297 g/mol. The van der Waals surface area contributed by atoms with Crippen molar-refractivity contribution in [2.75, 3.05) is 11.1 Å². The van der Waals surface area contributed by atoms with Crippen LogP contribution in [0, 0.1) is 0 Å². The molecular weight excluding hydrogens is 286 g/mol. The first-order valence-electron chi connectivity index (χ1n) is 5.15. The summed E-state index contributed by atoms with van der Waals surface area (Å²) < 4.78 is 22.1. The third-order valence-electron chi connectivity index (χ3n) is 2.34. The fraction of sp³-hybridized carbons (Fsp3) is 0. The minimum atomic E-state index is -3.73. The molecule has 0 saturated heterocycles. The molecule has 0 radical (unpaired) electrons. The zero-order valence-corrected chi connectivity index (χ0v) is 11.3. The Balaban J connectivity index is 2.17. The molecule has 1 heterocycles. The third-order valence-corrected chi connectivity index (χ3v) is 4.20. The highest BCUT2D eigenvalue weighted by molar-refractivity contribution is 7.89. The maximum atomic E-state index is 11.9. The molecule has 0 saturated carbocycles. The van der Waals surface area contributed by atoms with E-state index in [-0.39, 0.29) is 10.8 Å². The highest BCUT2D eigenvalue weighted by Crippen LogP contribution is 2.21. The molecule has 5 N–H and O–H groups in total. The SMILES string of the molecule is Nc1ccsc1C(=O)Nc1ccc(S(N)(=O)=O)cc1. The Labute approximate surface area is 114 Å². The van der Waals surface area contributed by atoms with E-state index in [2.05, 4.69) is 5.32 Å². The van der Waals surface area contributed by atoms with E-state index in [9.17, 15) is 13.2 Å². The fourth-order valence-corrected chi connectivity index (χ4v) is 2.65. The normalized spacial score (nSPS) is 11.2. The van der Waals surface area contributed by atoms with Crippen LogP contribution in [0.5, 0.6) is 0 Å². The van der Waals surface area contributed by atoms with Gasteiger partial charge in [-0.25, -0.2) is 13.6 Å². The smallest absolute Gasteiger partial charge is 0.267 e. The number of hydrogen-bond acceptors (Lipinski definition) is 5. The van der Waals surface area contributed by atoms with E-state index in [1.165, 1.54) is 35.6 Å². The maximum Gasteiger partial charge on any atom is 0.267 e. The van der Waals surface area contributed by atoms with Gasteiger partial charge in [0.1, 0.15) is 4.88 Å². The number of benzene rings is 1. The lowest BCUT2D eigenvalue weighted by atomic mass is 10.3. The Morgan fingerprint density at radius 1 is 1.16 bits per heavy atom. The molecule has 1 aromatic carbocycles. The summed E-state index contributed by atoms with van der Waals surface area (Å²) in [6.07, 6.45) is 0. The molecule has 0 atom stereocenters. The lowest BCUT2D eigenvalue weighted by Crippen LogP contribution is -2.13. The van der Waals surface area contributed by atoms with Crippen LogP contribution in [-0.2, 0) is 10.0 Å². The van der Waals surface area contributed by atoms with Crippen molar-refractivity contribution in [1.29, 1.82) is 0 Å². The molecule has 0 spiro atoms. The summed E-state index contributed by atoms with van der Waals surface area (Å²) in [5, 5.41) is 9.31. The number of nitrogens with two attached hydrogens (primary N) is 2. The molecule has 1 amide bonds. The van der Waals surface area contributed by atoms with Gasteiger partial charge in [0.2, 0.25) is 10.0 Å². The predicted octanol–water partition coefficient (Wildman–Crippen LogP) is 1.23. The average Bonchev–Trinajstić information content (AvgIpc) is 2.75. The molecule has 100 valence electrons. The lowest BCUT2D eigenvalue weighted by molar-refractivity contribution is 0.103. The van der Waals surface area contributed by atoms with Gasteiger partial charge in [-0.2, -0.15) is 0 Å². The van der Waals surface area contributed by atoms with Crippen LogP contribution >= 0.6 is 11.3 Å². The highest BCUT2D eigenvalue weighted by Gasteiger charge is 2.12. The van der Waals surface area contributed by atoms with Crippen LogP contribution in [-0.4, -0.2) is 14.3 Å². The summed E-state index contributed by atoms with van der Waals surface area (Å²) in [6.45, 7) is 0. The summed E-state index contributed by atoms with van der Waals surface area (Å²) in [5.41, 5.74) is 6.50. The van der Waals surface area contributed by atoms with Crippen molar-refractivity contribution in [3.05, 3.63) is 40.6 Å². The number of nitrogens with one attached hydrogen (secondary N) is 1. The molecule has 0 aliphatic carbocycles. The van der Waals surface area contributed by atoms with E-state index in [0.717, 1.165) is 0 Å². The Kier molecular flexibility index (Phi) is 3.56. The van der Waals surface area contributed by atoms with Crippen molar-refractivity contribution in [3.8, 4) is 0 Å². The van der Waals surface area contributed by atoms with E-state index in [0.29, 0.717) is 16.3 Å². The summed E-state index contributed by atoms with van der Waals surface area (Å²) in [6, 6.07) is 7.21. The van der Waals surface area contributed by atoms with Gasteiger partial charge >= 0.3 is 0 Å². The maximum absolute atomic E-state index is 11.9. The number of amides is 1. The van der Waals surface area contributed by atoms with Gasteiger partial charge in [-0.3, -0.25) is 4.79 Å².